The van der Waals surface area contributed by atoms with Crippen molar-refractivity contribution >= 4 is 0 Å². The molecule has 0 bridgehead atoms. The Hall–Kier alpha value is -1.96. The number of aromatic hydroxyl groups is 2. The lowest BCUT2D eigenvalue weighted by Gasteiger charge is -2.09. The van der Waals surface area contributed by atoms with Crippen LogP contribution in [0.1, 0.15) is 22.3 Å². The van der Waals surface area contributed by atoms with Crippen molar-refractivity contribution in [1.29, 1.82) is 0 Å². The van der Waals surface area contributed by atoms with Gasteiger partial charge in [-0.1, -0.05) is 36.4 Å². The van der Waals surface area contributed by atoms with E-state index in [1.165, 1.54) is 0 Å². The molecular formula is C16H18O2. The number of phenols is 2. The van der Waals surface area contributed by atoms with Crippen molar-refractivity contribution in [3.63, 3.8) is 0 Å². The first-order valence-electron chi connectivity index (χ1n) is 6.14. The Morgan fingerprint density at radius 3 is 1.50 bits per heavy atom. The van der Waals surface area contributed by atoms with Gasteiger partial charge in [0, 0.05) is 0 Å². The fourth-order valence-electron chi connectivity index (χ4n) is 2.11. The van der Waals surface area contributed by atoms with Gasteiger partial charge in [-0.25, -0.2) is 0 Å². The van der Waals surface area contributed by atoms with Crippen molar-refractivity contribution in [2.24, 2.45) is 0 Å². The molecule has 2 rings (SSSR count). The molecule has 0 aliphatic carbocycles. The van der Waals surface area contributed by atoms with Gasteiger partial charge in [0.05, 0.1) is 0 Å². The van der Waals surface area contributed by atoms with Crippen molar-refractivity contribution in [1.82, 2.24) is 0 Å². The fraction of sp³-hybridized carbons (Fsp3) is 0.250. The van der Waals surface area contributed by atoms with Gasteiger partial charge in [0.2, 0.25) is 0 Å². The summed E-state index contributed by atoms with van der Waals surface area (Å²) in [6, 6.07) is 11.5. The first kappa shape index (κ1) is 12.5. The fourth-order valence-corrected chi connectivity index (χ4v) is 2.11. The zero-order valence-corrected chi connectivity index (χ0v) is 10.8. The van der Waals surface area contributed by atoms with Crippen LogP contribution in [0, 0.1) is 13.8 Å². The second kappa shape index (κ2) is 5.13. The summed E-state index contributed by atoms with van der Waals surface area (Å²) < 4.78 is 0. The average molecular weight is 242 g/mol. The summed E-state index contributed by atoms with van der Waals surface area (Å²) in [7, 11) is 0. The van der Waals surface area contributed by atoms with Crippen LogP contribution in [0.4, 0.5) is 0 Å². The minimum Gasteiger partial charge on any atom is -0.507 e. The summed E-state index contributed by atoms with van der Waals surface area (Å²) in [5, 5.41) is 19.9. The molecule has 18 heavy (non-hydrogen) atoms. The van der Waals surface area contributed by atoms with Crippen molar-refractivity contribution in [3.05, 3.63) is 58.7 Å². The quantitative estimate of drug-likeness (QED) is 0.864. The lowest BCUT2D eigenvalue weighted by atomic mass is 10.00. The maximum atomic E-state index is 9.94. The predicted octanol–water partition coefficient (Wildman–Crippen LogP) is 3.50. The number of hydrogen-bond donors (Lipinski definition) is 2. The summed E-state index contributed by atoms with van der Waals surface area (Å²) in [4.78, 5) is 0. The second-order valence-corrected chi connectivity index (χ2v) is 4.67. The van der Waals surface area contributed by atoms with Crippen LogP contribution >= 0.6 is 0 Å². The molecule has 0 saturated carbocycles. The summed E-state index contributed by atoms with van der Waals surface area (Å²) in [5.74, 6) is 0.731. The molecule has 2 heteroatoms. The van der Waals surface area contributed by atoms with Crippen molar-refractivity contribution < 1.29 is 10.2 Å². The molecular weight excluding hydrogens is 224 g/mol. The van der Waals surface area contributed by atoms with Crippen LogP contribution in [0.25, 0.3) is 0 Å². The van der Waals surface area contributed by atoms with Gasteiger partial charge >= 0.3 is 0 Å². The first-order valence-corrected chi connectivity index (χ1v) is 6.14. The Morgan fingerprint density at radius 2 is 1.11 bits per heavy atom. The Morgan fingerprint density at radius 1 is 0.722 bits per heavy atom. The molecule has 2 nitrogen and oxygen atoms in total. The van der Waals surface area contributed by atoms with Gasteiger partial charge in [-0.05, 0) is 48.9 Å². The molecule has 0 fully saturated rings. The molecule has 0 spiro atoms. The second-order valence-electron chi connectivity index (χ2n) is 4.67. The van der Waals surface area contributed by atoms with Crippen LogP contribution < -0.4 is 0 Å². The SMILES string of the molecule is Cc1cccc(CCc2cccc(C)c2O)c1O. The molecule has 0 unspecified atom stereocenters. The molecule has 2 aromatic carbocycles. The molecule has 94 valence electrons. The van der Waals surface area contributed by atoms with E-state index in [-0.39, 0.29) is 0 Å². The number of aryl methyl sites for hydroxylation is 4. The van der Waals surface area contributed by atoms with Gasteiger partial charge in [-0.2, -0.15) is 0 Å². The summed E-state index contributed by atoms with van der Waals surface area (Å²) >= 11 is 0. The lowest BCUT2D eigenvalue weighted by Crippen LogP contribution is -1.94. The lowest BCUT2D eigenvalue weighted by molar-refractivity contribution is 0.458. The van der Waals surface area contributed by atoms with E-state index in [1.807, 2.05) is 50.2 Å². The van der Waals surface area contributed by atoms with E-state index in [4.69, 9.17) is 0 Å². The Labute approximate surface area is 108 Å². The van der Waals surface area contributed by atoms with Gasteiger partial charge in [0.25, 0.3) is 0 Å². The third-order valence-corrected chi connectivity index (χ3v) is 3.31. The molecule has 0 atom stereocenters. The highest BCUT2D eigenvalue weighted by Crippen LogP contribution is 2.26. The van der Waals surface area contributed by atoms with E-state index in [2.05, 4.69) is 0 Å². The third kappa shape index (κ3) is 2.48. The van der Waals surface area contributed by atoms with Crippen LogP contribution in [0.3, 0.4) is 0 Å². The standard InChI is InChI=1S/C16H18O2/c1-11-5-3-7-13(15(11)17)9-10-14-8-4-6-12(2)16(14)18/h3-8,17-18H,9-10H2,1-2H3. The van der Waals surface area contributed by atoms with E-state index < -0.39 is 0 Å². The molecule has 0 saturated heterocycles. The van der Waals surface area contributed by atoms with Crippen LogP contribution in [0.5, 0.6) is 11.5 Å². The van der Waals surface area contributed by atoms with Crippen LogP contribution in [0.2, 0.25) is 0 Å². The monoisotopic (exact) mass is 242 g/mol. The maximum absolute atomic E-state index is 9.94. The van der Waals surface area contributed by atoms with E-state index in [0.29, 0.717) is 11.5 Å². The summed E-state index contributed by atoms with van der Waals surface area (Å²) in [6.07, 6.45) is 1.45. The highest BCUT2D eigenvalue weighted by molar-refractivity contribution is 5.42. The number of phenolic OH excluding ortho intramolecular Hbond substituents is 2. The largest absolute Gasteiger partial charge is 0.507 e. The van der Waals surface area contributed by atoms with Crippen molar-refractivity contribution in [2.45, 2.75) is 26.7 Å². The Kier molecular flexibility index (Phi) is 3.56. The molecule has 0 heterocycles. The molecule has 2 aromatic rings. The zero-order chi connectivity index (χ0) is 13.1. The smallest absolute Gasteiger partial charge is 0.121 e. The minimum atomic E-state index is 0.365. The number of benzene rings is 2. The molecule has 0 aliphatic heterocycles. The summed E-state index contributed by atoms with van der Waals surface area (Å²) in [5.41, 5.74) is 3.63. The van der Waals surface area contributed by atoms with E-state index >= 15 is 0 Å². The van der Waals surface area contributed by atoms with Crippen LogP contribution in [-0.2, 0) is 12.8 Å². The first-order chi connectivity index (χ1) is 8.59. The highest BCUT2D eigenvalue weighted by atomic mass is 16.3. The molecule has 0 aromatic heterocycles. The van der Waals surface area contributed by atoms with E-state index in [0.717, 1.165) is 35.1 Å². The number of para-hydroxylation sites is 2. The van der Waals surface area contributed by atoms with Crippen molar-refractivity contribution in [2.75, 3.05) is 0 Å². The van der Waals surface area contributed by atoms with Crippen molar-refractivity contribution in [3.8, 4) is 11.5 Å². The predicted molar refractivity (Wildman–Crippen MR) is 73.1 cm³/mol. The molecule has 2 N–H and O–H groups in total. The van der Waals surface area contributed by atoms with Gasteiger partial charge in [0.1, 0.15) is 11.5 Å². The van der Waals surface area contributed by atoms with Gasteiger partial charge < -0.3 is 10.2 Å². The summed E-state index contributed by atoms with van der Waals surface area (Å²) in [6.45, 7) is 3.78. The minimum absolute atomic E-state index is 0.365. The number of rotatable bonds is 3. The third-order valence-electron chi connectivity index (χ3n) is 3.31. The normalized spacial score (nSPS) is 10.6. The molecule has 0 radical (unpaired) electrons. The molecule has 0 aliphatic rings. The van der Waals surface area contributed by atoms with Gasteiger partial charge in [-0.15, -0.1) is 0 Å². The molecule has 0 amide bonds. The number of hydrogen-bond acceptors (Lipinski definition) is 2. The van der Waals surface area contributed by atoms with Gasteiger partial charge in [0.15, 0.2) is 0 Å². The Bertz CT molecular complexity index is 508. The maximum Gasteiger partial charge on any atom is 0.121 e. The highest BCUT2D eigenvalue weighted by Gasteiger charge is 2.07. The zero-order valence-electron chi connectivity index (χ0n) is 10.8. The Balaban J connectivity index is 2.17. The van der Waals surface area contributed by atoms with Crippen LogP contribution in [0.15, 0.2) is 36.4 Å². The van der Waals surface area contributed by atoms with E-state index in [9.17, 15) is 10.2 Å². The van der Waals surface area contributed by atoms with Crippen LogP contribution in [-0.4, -0.2) is 10.2 Å². The topological polar surface area (TPSA) is 40.5 Å². The average Bonchev–Trinajstić information content (AvgIpc) is 2.36. The van der Waals surface area contributed by atoms with E-state index in [1.54, 1.807) is 0 Å². The van der Waals surface area contributed by atoms with Gasteiger partial charge in [-0.3, -0.25) is 0 Å².